The first-order chi connectivity index (χ1) is 15.1. The molecule has 2 aliphatic heterocycles. The number of amidine groups is 1. The fourth-order valence-electron chi connectivity index (χ4n) is 3.83. The van der Waals surface area contributed by atoms with Crippen molar-refractivity contribution < 1.29 is 14.3 Å². The number of hydrogen-bond donors (Lipinski definition) is 1. The van der Waals surface area contributed by atoms with Gasteiger partial charge in [0.25, 0.3) is 5.91 Å². The van der Waals surface area contributed by atoms with Gasteiger partial charge in [0, 0.05) is 23.5 Å². The molecule has 4 rings (SSSR count). The van der Waals surface area contributed by atoms with Crippen molar-refractivity contribution in [3.05, 3.63) is 77.0 Å². The molecule has 0 bridgehead atoms. The van der Waals surface area contributed by atoms with Crippen LogP contribution < -0.4 is 5.32 Å². The molecule has 1 amide bonds. The summed E-state index contributed by atoms with van der Waals surface area (Å²) in [4.78, 5) is 32.1. The summed E-state index contributed by atoms with van der Waals surface area (Å²) in [6, 6.07) is 16.5. The van der Waals surface area contributed by atoms with Crippen molar-refractivity contribution in [2.45, 2.75) is 26.3 Å². The van der Waals surface area contributed by atoms with Crippen LogP contribution in [0.15, 0.2) is 70.9 Å². The maximum absolute atomic E-state index is 12.8. The quantitative estimate of drug-likeness (QED) is 0.694. The Morgan fingerprint density at radius 3 is 2.61 bits per heavy atom. The van der Waals surface area contributed by atoms with Crippen LogP contribution in [-0.4, -0.2) is 40.8 Å². The van der Waals surface area contributed by atoms with Gasteiger partial charge in [-0.25, -0.2) is 9.79 Å². The Morgan fingerprint density at radius 1 is 1.16 bits per heavy atom. The summed E-state index contributed by atoms with van der Waals surface area (Å²) >= 11 is 1.72. The Hall–Kier alpha value is -3.06. The second-order valence-corrected chi connectivity index (χ2v) is 8.42. The molecule has 0 unspecified atom stereocenters. The lowest BCUT2D eigenvalue weighted by molar-refractivity contribution is -0.139. The van der Waals surface area contributed by atoms with E-state index in [-0.39, 0.29) is 17.9 Å². The number of allylic oxidation sites excluding steroid dienone is 1. The van der Waals surface area contributed by atoms with Gasteiger partial charge in [0.1, 0.15) is 0 Å². The highest BCUT2D eigenvalue weighted by atomic mass is 32.2. The minimum absolute atomic E-state index is 0.157. The van der Waals surface area contributed by atoms with Crippen LogP contribution in [0, 0.1) is 0 Å². The largest absolute Gasteiger partial charge is 0.463 e. The third-order valence-corrected chi connectivity index (χ3v) is 6.35. The minimum atomic E-state index is -0.329. The van der Waals surface area contributed by atoms with Crippen molar-refractivity contribution in [3.8, 4) is 0 Å². The first-order valence-corrected chi connectivity index (χ1v) is 11.4. The smallest absolute Gasteiger partial charge is 0.338 e. The third kappa shape index (κ3) is 4.51. The number of hydrogen-bond acceptors (Lipinski definition) is 6. The van der Waals surface area contributed by atoms with Crippen molar-refractivity contribution >= 4 is 34.5 Å². The zero-order valence-electron chi connectivity index (χ0n) is 17.6. The van der Waals surface area contributed by atoms with Crippen molar-refractivity contribution in [2.75, 3.05) is 24.2 Å². The van der Waals surface area contributed by atoms with Gasteiger partial charge in [0.15, 0.2) is 5.17 Å². The van der Waals surface area contributed by atoms with Crippen LogP contribution >= 0.6 is 11.8 Å². The van der Waals surface area contributed by atoms with Crippen LogP contribution in [0.25, 0.3) is 0 Å². The lowest BCUT2D eigenvalue weighted by Gasteiger charge is -2.40. The van der Waals surface area contributed by atoms with Crippen LogP contribution in [0.4, 0.5) is 5.69 Å². The van der Waals surface area contributed by atoms with Gasteiger partial charge in [-0.05, 0) is 50.1 Å². The van der Waals surface area contributed by atoms with Gasteiger partial charge in [-0.3, -0.25) is 4.79 Å². The maximum Gasteiger partial charge on any atom is 0.338 e. The second kappa shape index (κ2) is 9.39. The lowest BCUT2D eigenvalue weighted by atomic mass is 9.94. The zero-order valence-corrected chi connectivity index (χ0v) is 18.4. The van der Waals surface area contributed by atoms with Crippen molar-refractivity contribution in [1.82, 2.24) is 4.90 Å². The number of nitrogens with one attached hydrogen (secondary N) is 1. The molecule has 1 N–H and O–H groups in total. The maximum atomic E-state index is 12.8. The predicted molar refractivity (Wildman–Crippen MR) is 124 cm³/mol. The molecule has 2 aliphatic rings. The highest BCUT2D eigenvalue weighted by Gasteiger charge is 2.37. The summed E-state index contributed by atoms with van der Waals surface area (Å²) in [7, 11) is 0. The zero-order chi connectivity index (χ0) is 21.8. The van der Waals surface area contributed by atoms with Gasteiger partial charge in [-0.1, -0.05) is 42.1 Å². The lowest BCUT2D eigenvalue weighted by Crippen LogP contribution is -2.42. The number of fused-ring (bicyclic) bond motifs is 1. The average Bonchev–Trinajstić information content (AvgIpc) is 2.79. The molecule has 0 saturated carbocycles. The number of rotatable bonds is 5. The fourth-order valence-corrected chi connectivity index (χ4v) is 4.85. The van der Waals surface area contributed by atoms with Gasteiger partial charge in [-0.2, -0.15) is 0 Å². The highest BCUT2D eigenvalue weighted by Crippen LogP contribution is 2.40. The summed E-state index contributed by atoms with van der Waals surface area (Å²) in [5, 5.41) is 3.87. The number of ether oxygens (including phenoxy) is 1. The molecule has 6 nitrogen and oxygen atoms in total. The molecular weight excluding hydrogens is 410 g/mol. The van der Waals surface area contributed by atoms with Gasteiger partial charge >= 0.3 is 5.97 Å². The molecule has 160 valence electrons. The third-order valence-electron chi connectivity index (χ3n) is 5.27. The average molecular weight is 436 g/mol. The van der Waals surface area contributed by atoms with Crippen LogP contribution in [0.2, 0.25) is 0 Å². The molecule has 1 fully saturated rings. The fraction of sp³-hybridized carbons (Fsp3) is 0.292. The van der Waals surface area contributed by atoms with Crippen LogP contribution in [0.5, 0.6) is 0 Å². The normalized spacial score (nSPS) is 18.2. The summed E-state index contributed by atoms with van der Waals surface area (Å²) in [5.74, 6) is 0.537. The van der Waals surface area contributed by atoms with E-state index in [2.05, 4.69) is 15.2 Å². The molecule has 1 atom stereocenters. The summed E-state index contributed by atoms with van der Waals surface area (Å²) in [6.07, 6.45) is 1.03. The topological polar surface area (TPSA) is 71.0 Å². The van der Waals surface area contributed by atoms with Crippen LogP contribution in [-0.2, 0) is 9.53 Å². The first-order valence-electron chi connectivity index (χ1n) is 10.4. The number of amides is 1. The van der Waals surface area contributed by atoms with E-state index in [9.17, 15) is 9.59 Å². The molecule has 2 heterocycles. The van der Waals surface area contributed by atoms with Crippen LogP contribution in [0.3, 0.4) is 0 Å². The summed E-state index contributed by atoms with van der Waals surface area (Å²) < 4.78 is 5.35. The van der Waals surface area contributed by atoms with E-state index in [0.29, 0.717) is 29.1 Å². The van der Waals surface area contributed by atoms with Gasteiger partial charge in [-0.15, -0.1) is 0 Å². The molecule has 0 aromatic heterocycles. The number of aliphatic imine (C=N–C) groups is 1. The molecule has 2 aromatic carbocycles. The molecular formula is C24H25N3O3S. The van der Waals surface area contributed by atoms with E-state index in [4.69, 9.17) is 4.74 Å². The van der Waals surface area contributed by atoms with E-state index in [0.717, 1.165) is 29.4 Å². The molecule has 7 heteroatoms. The van der Waals surface area contributed by atoms with Crippen molar-refractivity contribution in [3.63, 3.8) is 0 Å². The van der Waals surface area contributed by atoms with Gasteiger partial charge < -0.3 is 15.0 Å². The number of esters is 1. The molecule has 1 saturated heterocycles. The molecule has 0 spiro atoms. The molecule has 0 aliphatic carbocycles. The number of nitrogens with zero attached hydrogens (tertiary/aromatic N) is 2. The summed E-state index contributed by atoms with van der Waals surface area (Å²) in [5.41, 5.74) is 3.55. The van der Waals surface area contributed by atoms with Gasteiger partial charge in [0.05, 0.1) is 23.9 Å². The van der Waals surface area contributed by atoms with Crippen LogP contribution in [0.1, 0.15) is 42.2 Å². The van der Waals surface area contributed by atoms with E-state index in [1.54, 1.807) is 30.8 Å². The molecule has 31 heavy (non-hydrogen) atoms. The molecule has 2 aromatic rings. The number of carbonyl (C=O) groups excluding carboxylic acids is 2. The van der Waals surface area contributed by atoms with Crippen molar-refractivity contribution in [1.29, 1.82) is 0 Å². The number of carbonyl (C=O) groups is 2. The summed E-state index contributed by atoms with van der Waals surface area (Å²) in [6.45, 7) is 4.83. The Labute approximate surface area is 186 Å². The monoisotopic (exact) mass is 435 g/mol. The van der Waals surface area contributed by atoms with E-state index < -0.39 is 0 Å². The minimum Gasteiger partial charge on any atom is -0.463 e. The number of benzene rings is 2. The highest BCUT2D eigenvalue weighted by molar-refractivity contribution is 8.13. The van der Waals surface area contributed by atoms with E-state index >= 15 is 0 Å². The van der Waals surface area contributed by atoms with Crippen molar-refractivity contribution in [2.24, 2.45) is 4.99 Å². The SMILES string of the molecule is CCOC(=O)C1=C(C)N=C2SCCCN2[C@@H]1c1ccc(NC(=O)c2ccccc2)cc1. The Morgan fingerprint density at radius 2 is 1.90 bits per heavy atom. The number of anilines is 1. The number of thioether (sulfide) groups is 1. The van der Waals surface area contributed by atoms with E-state index in [1.165, 1.54) is 0 Å². The second-order valence-electron chi connectivity index (χ2n) is 7.35. The molecule has 0 radical (unpaired) electrons. The first kappa shape index (κ1) is 21.2. The Balaban J connectivity index is 1.62. The van der Waals surface area contributed by atoms with E-state index in [1.807, 2.05) is 49.4 Å². The predicted octanol–water partition coefficient (Wildman–Crippen LogP) is 4.63. The Bertz CT molecular complexity index is 1030. The standard InChI is InChI=1S/C24H25N3O3S/c1-3-30-23(29)20-16(2)25-24-27(14-7-15-31-24)21(20)17-10-12-19(13-11-17)26-22(28)18-8-5-4-6-9-18/h4-6,8-13,21H,3,7,14-15H2,1-2H3,(H,26,28)/t21-/m1/s1. The van der Waals surface area contributed by atoms with Gasteiger partial charge in [0.2, 0.25) is 0 Å². The Kier molecular flexibility index (Phi) is 6.42.